The molecule has 25 heavy (non-hydrogen) atoms. The second kappa shape index (κ2) is 7.44. The molecular weight excluding hydrogens is 314 g/mol. The largest absolute Gasteiger partial charge is 0.340 e. The normalized spacial score (nSPS) is 10.2. The van der Waals surface area contributed by atoms with E-state index in [1.807, 2.05) is 60.7 Å². The Balaban J connectivity index is 1.78. The van der Waals surface area contributed by atoms with Crippen molar-refractivity contribution in [3.63, 3.8) is 0 Å². The standard InChI is InChI=1S/C19H19N5O/c1-24(2)19(25)23-16-10-6-9-15(11-16)22-18-12-17(20-13-21-18)14-7-4-3-5-8-14/h3-13H,1-2H3,(H,23,25)(H,20,21,22). The summed E-state index contributed by atoms with van der Waals surface area (Å²) < 4.78 is 0. The van der Waals surface area contributed by atoms with E-state index in [9.17, 15) is 4.79 Å². The van der Waals surface area contributed by atoms with Crippen LogP contribution in [0.15, 0.2) is 67.0 Å². The molecule has 1 heterocycles. The highest BCUT2D eigenvalue weighted by Crippen LogP contribution is 2.22. The zero-order valence-corrected chi connectivity index (χ0v) is 14.1. The summed E-state index contributed by atoms with van der Waals surface area (Å²) >= 11 is 0. The lowest BCUT2D eigenvalue weighted by Gasteiger charge is -2.13. The van der Waals surface area contributed by atoms with E-state index < -0.39 is 0 Å². The number of aromatic nitrogens is 2. The molecule has 0 fully saturated rings. The number of amides is 2. The fourth-order valence-corrected chi connectivity index (χ4v) is 2.25. The molecule has 0 atom stereocenters. The molecule has 6 nitrogen and oxygen atoms in total. The van der Waals surface area contributed by atoms with Crippen molar-refractivity contribution in [1.29, 1.82) is 0 Å². The van der Waals surface area contributed by atoms with Gasteiger partial charge >= 0.3 is 6.03 Å². The molecular formula is C19H19N5O. The third kappa shape index (κ3) is 4.32. The van der Waals surface area contributed by atoms with Gasteiger partial charge in [-0.1, -0.05) is 36.4 Å². The highest BCUT2D eigenvalue weighted by Gasteiger charge is 2.06. The molecule has 2 aromatic carbocycles. The first-order valence-electron chi connectivity index (χ1n) is 7.85. The fraction of sp³-hybridized carbons (Fsp3) is 0.105. The van der Waals surface area contributed by atoms with Crippen LogP contribution in [0.25, 0.3) is 11.3 Å². The number of carbonyl (C=O) groups excluding carboxylic acids is 1. The van der Waals surface area contributed by atoms with Crippen LogP contribution in [0.1, 0.15) is 0 Å². The van der Waals surface area contributed by atoms with Crippen LogP contribution in [-0.2, 0) is 0 Å². The average Bonchev–Trinajstić information content (AvgIpc) is 2.63. The minimum absolute atomic E-state index is 0.175. The first-order valence-corrected chi connectivity index (χ1v) is 7.85. The van der Waals surface area contributed by atoms with Crippen LogP contribution in [-0.4, -0.2) is 35.0 Å². The van der Waals surface area contributed by atoms with Gasteiger partial charge in [0, 0.05) is 37.1 Å². The Morgan fingerprint density at radius 2 is 1.68 bits per heavy atom. The molecule has 3 rings (SSSR count). The molecule has 0 saturated carbocycles. The van der Waals surface area contributed by atoms with Crippen LogP contribution in [0.3, 0.4) is 0 Å². The number of nitrogens with zero attached hydrogens (tertiary/aromatic N) is 3. The molecule has 6 heteroatoms. The summed E-state index contributed by atoms with van der Waals surface area (Å²) in [5.74, 6) is 0.685. The molecule has 2 N–H and O–H groups in total. The quantitative estimate of drug-likeness (QED) is 0.757. The van der Waals surface area contributed by atoms with E-state index in [2.05, 4.69) is 20.6 Å². The summed E-state index contributed by atoms with van der Waals surface area (Å²) in [6.07, 6.45) is 1.53. The summed E-state index contributed by atoms with van der Waals surface area (Å²) in [4.78, 5) is 21.8. The molecule has 126 valence electrons. The molecule has 2 amide bonds. The van der Waals surface area contributed by atoms with Crippen molar-refractivity contribution in [1.82, 2.24) is 14.9 Å². The van der Waals surface area contributed by atoms with Gasteiger partial charge in [0.15, 0.2) is 0 Å². The van der Waals surface area contributed by atoms with Crippen LogP contribution >= 0.6 is 0 Å². The van der Waals surface area contributed by atoms with Crippen LogP contribution in [0, 0.1) is 0 Å². The van der Waals surface area contributed by atoms with E-state index >= 15 is 0 Å². The molecule has 3 aromatic rings. The number of nitrogens with one attached hydrogen (secondary N) is 2. The summed E-state index contributed by atoms with van der Waals surface area (Å²) in [6, 6.07) is 19.1. The van der Waals surface area contributed by atoms with Crippen molar-refractivity contribution in [3.8, 4) is 11.3 Å². The van der Waals surface area contributed by atoms with Crippen LogP contribution in [0.4, 0.5) is 22.0 Å². The first kappa shape index (κ1) is 16.4. The fourth-order valence-electron chi connectivity index (χ4n) is 2.25. The van der Waals surface area contributed by atoms with Crippen molar-refractivity contribution < 1.29 is 4.79 Å². The zero-order valence-electron chi connectivity index (χ0n) is 14.1. The predicted molar refractivity (Wildman–Crippen MR) is 99.9 cm³/mol. The predicted octanol–water partition coefficient (Wildman–Crippen LogP) is 3.98. The molecule has 0 saturated heterocycles. The minimum Gasteiger partial charge on any atom is -0.340 e. The van der Waals surface area contributed by atoms with Crippen molar-refractivity contribution >= 4 is 23.2 Å². The summed E-state index contributed by atoms with van der Waals surface area (Å²) in [5.41, 5.74) is 3.41. The smallest absolute Gasteiger partial charge is 0.321 e. The van der Waals surface area contributed by atoms with E-state index in [1.54, 1.807) is 14.1 Å². The van der Waals surface area contributed by atoms with E-state index in [-0.39, 0.29) is 6.03 Å². The van der Waals surface area contributed by atoms with Gasteiger partial charge in [0.1, 0.15) is 12.1 Å². The van der Waals surface area contributed by atoms with E-state index in [1.165, 1.54) is 11.2 Å². The highest BCUT2D eigenvalue weighted by atomic mass is 16.2. The van der Waals surface area contributed by atoms with Gasteiger partial charge in [-0.3, -0.25) is 0 Å². The Bertz CT molecular complexity index is 864. The lowest BCUT2D eigenvalue weighted by atomic mass is 10.1. The number of carbonyl (C=O) groups is 1. The number of benzene rings is 2. The molecule has 1 aromatic heterocycles. The van der Waals surface area contributed by atoms with E-state index in [0.717, 1.165) is 16.9 Å². The van der Waals surface area contributed by atoms with Gasteiger partial charge in [0.25, 0.3) is 0 Å². The van der Waals surface area contributed by atoms with Gasteiger partial charge < -0.3 is 15.5 Å². The van der Waals surface area contributed by atoms with Gasteiger partial charge in [0.05, 0.1) is 5.69 Å². The van der Waals surface area contributed by atoms with E-state index in [4.69, 9.17) is 0 Å². The van der Waals surface area contributed by atoms with Gasteiger partial charge in [-0.2, -0.15) is 0 Å². The summed E-state index contributed by atoms with van der Waals surface area (Å²) in [5, 5.41) is 6.06. The second-order valence-electron chi connectivity index (χ2n) is 5.68. The molecule has 0 spiro atoms. The van der Waals surface area contributed by atoms with Crippen molar-refractivity contribution in [2.45, 2.75) is 0 Å². The summed E-state index contributed by atoms with van der Waals surface area (Å²) in [6.45, 7) is 0. The van der Waals surface area contributed by atoms with Gasteiger partial charge in [-0.15, -0.1) is 0 Å². The Labute approximate surface area is 146 Å². The van der Waals surface area contributed by atoms with Gasteiger partial charge in [-0.25, -0.2) is 14.8 Å². The van der Waals surface area contributed by atoms with Crippen molar-refractivity contribution in [2.75, 3.05) is 24.7 Å². The Hall–Kier alpha value is -3.41. The number of rotatable bonds is 4. The molecule has 0 bridgehead atoms. The topological polar surface area (TPSA) is 70.2 Å². The molecule has 0 aliphatic rings. The second-order valence-corrected chi connectivity index (χ2v) is 5.68. The van der Waals surface area contributed by atoms with Crippen molar-refractivity contribution in [3.05, 3.63) is 67.0 Å². The SMILES string of the molecule is CN(C)C(=O)Nc1cccc(Nc2cc(-c3ccccc3)ncn2)c1. The first-order chi connectivity index (χ1) is 12.1. The summed E-state index contributed by atoms with van der Waals surface area (Å²) in [7, 11) is 3.40. The third-order valence-corrected chi connectivity index (χ3v) is 3.53. The molecule has 0 radical (unpaired) electrons. The van der Waals surface area contributed by atoms with Gasteiger partial charge in [-0.05, 0) is 18.2 Å². The van der Waals surface area contributed by atoms with Gasteiger partial charge in [0.2, 0.25) is 0 Å². The number of hydrogen-bond acceptors (Lipinski definition) is 4. The number of hydrogen-bond donors (Lipinski definition) is 2. The maximum absolute atomic E-state index is 11.8. The Morgan fingerprint density at radius 1 is 0.920 bits per heavy atom. The van der Waals surface area contributed by atoms with Crippen LogP contribution in [0.5, 0.6) is 0 Å². The lowest BCUT2D eigenvalue weighted by Crippen LogP contribution is -2.27. The Kier molecular flexibility index (Phi) is 4.89. The molecule has 0 unspecified atom stereocenters. The average molecular weight is 333 g/mol. The monoisotopic (exact) mass is 333 g/mol. The van der Waals surface area contributed by atoms with E-state index in [0.29, 0.717) is 11.5 Å². The molecule has 0 aliphatic heterocycles. The van der Waals surface area contributed by atoms with Crippen molar-refractivity contribution in [2.24, 2.45) is 0 Å². The number of urea groups is 1. The number of anilines is 3. The maximum Gasteiger partial charge on any atom is 0.321 e. The van der Waals surface area contributed by atoms with Crippen LogP contribution < -0.4 is 10.6 Å². The molecule has 0 aliphatic carbocycles. The highest BCUT2D eigenvalue weighted by molar-refractivity contribution is 5.89. The zero-order chi connectivity index (χ0) is 17.6. The lowest BCUT2D eigenvalue weighted by molar-refractivity contribution is 0.230. The minimum atomic E-state index is -0.175. The van der Waals surface area contributed by atoms with Crippen LogP contribution in [0.2, 0.25) is 0 Å². The maximum atomic E-state index is 11.8. The third-order valence-electron chi connectivity index (χ3n) is 3.53. The Morgan fingerprint density at radius 3 is 2.44 bits per heavy atom.